The van der Waals surface area contributed by atoms with E-state index in [0.717, 1.165) is 15.6 Å². The van der Waals surface area contributed by atoms with E-state index in [1.165, 1.54) is 14.2 Å². The van der Waals surface area contributed by atoms with Crippen molar-refractivity contribution >= 4 is 31.1 Å². The highest BCUT2D eigenvalue weighted by Crippen LogP contribution is 2.78. The van der Waals surface area contributed by atoms with E-state index in [2.05, 4.69) is 15.9 Å². The number of hydrogen-bond acceptors (Lipinski definition) is 6. The zero-order chi connectivity index (χ0) is 21.4. The molecule has 0 aliphatic carbocycles. The number of hydrogen-bond donors (Lipinski definition) is 0. The standard InChI is InChI=1S/C21H19BrO6P2/c1-25-29(23,26-2)21(15-11-13-16(22)14-12-15)30(24)27-19-9-5-3-7-17(19)18-8-4-6-10-20(18)28-30/h3-14,21H,1-2H3. The number of rotatable bonds is 5. The summed E-state index contributed by atoms with van der Waals surface area (Å²) in [6, 6.07) is 21.3. The first-order chi connectivity index (χ1) is 14.4. The van der Waals surface area contributed by atoms with Gasteiger partial charge in [-0.25, -0.2) is 4.57 Å². The Kier molecular flexibility index (Phi) is 5.93. The highest BCUT2D eigenvalue weighted by molar-refractivity contribution is 9.10. The van der Waals surface area contributed by atoms with Gasteiger partial charge in [-0.15, -0.1) is 0 Å². The van der Waals surface area contributed by atoms with Gasteiger partial charge in [0.15, 0.2) is 0 Å². The van der Waals surface area contributed by atoms with E-state index < -0.39 is 20.6 Å². The van der Waals surface area contributed by atoms with Gasteiger partial charge >= 0.3 is 15.2 Å². The van der Waals surface area contributed by atoms with Crippen LogP contribution in [0.5, 0.6) is 11.5 Å². The minimum absolute atomic E-state index is 0.367. The predicted molar refractivity (Wildman–Crippen MR) is 119 cm³/mol. The van der Waals surface area contributed by atoms with Gasteiger partial charge in [-0.1, -0.05) is 64.5 Å². The molecule has 6 nitrogen and oxygen atoms in total. The number of halogens is 1. The van der Waals surface area contributed by atoms with Crippen LogP contribution in [-0.2, 0) is 18.2 Å². The normalized spacial score (nSPS) is 15.7. The maximum Gasteiger partial charge on any atom is 0.450 e. The Hall–Kier alpha value is -1.88. The maximum atomic E-state index is 14.3. The van der Waals surface area contributed by atoms with Crippen LogP contribution >= 0.6 is 31.1 Å². The number of fused-ring (bicyclic) bond motifs is 3. The van der Waals surface area contributed by atoms with Crippen LogP contribution in [0.1, 0.15) is 11.0 Å². The van der Waals surface area contributed by atoms with Crippen LogP contribution in [0, 0.1) is 0 Å². The first-order valence-electron chi connectivity index (χ1n) is 9.04. The number of para-hydroxylation sites is 2. The van der Waals surface area contributed by atoms with Crippen molar-refractivity contribution in [2.45, 2.75) is 5.40 Å². The summed E-state index contributed by atoms with van der Waals surface area (Å²) in [4.78, 5) is 0. The fraction of sp³-hybridized carbons (Fsp3) is 0.143. The molecule has 1 aliphatic rings. The predicted octanol–water partition coefficient (Wildman–Crippen LogP) is 7.27. The third kappa shape index (κ3) is 3.77. The minimum atomic E-state index is -4.15. The molecule has 0 N–H and O–H groups in total. The Morgan fingerprint density at radius 3 is 1.77 bits per heavy atom. The van der Waals surface area contributed by atoms with E-state index >= 15 is 0 Å². The Bertz CT molecular complexity index is 1100. The Balaban J connectivity index is 1.96. The molecule has 30 heavy (non-hydrogen) atoms. The molecular weight excluding hydrogens is 490 g/mol. The monoisotopic (exact) mass is 508 g/mol. The second-order valence-electron chi connectivity index (χ2n) is 6.54. The topological polar surface area (TPSA) is 71.1 Å². The third-order valence-corrected chi connectivity index (χ3v) is 10.7. The van der Waals surface area contributed by atoms with Gasteiger partial charge in [0.05, 0.1) is 0 Å². The Labute approximate surface area is 183 Å². The van der Waals surface area contributed by atoms with Gasteiger partial charge in [-0.2, -0.15) is 0 Å². The van der Waals surface area contributed by atoms with Crippen molar-refractivity contribution in [3.8, 4) is 22.6 Å². The van der Waals surface area contributed by atoms with Gasteiger partial charge in [-0.3, -0.25) is 4.57 Å². The lowest BCUT2D eigenvalue weighted by Crippen LogP contribution is -2.12. The van der Waals surface area contributed by atoms with E-state index in [-0.39, 0.29) is 0 Å². The van der Waals surface area contributed by atoms with Crippen LogP contribution in [0.4, 0.5) is 0 Å². The minimum Gasteiger partial charge on any atom is -0.415 e. The summed E-state index contributed by atoms with van der Waals surface area (Å²) in [6.45, 7) is 0. The van der Waals surface area contributed by atoms with E-state index in [1.54, 1.807) is 48.5 Å². The fourth-order valence-corrected chi connectivity index (χ4v) is 8.60. The van der Waals surface area contributed by atoms with Gasteiger partial charge in [-0.05, 0) is 29.8 Å². The molecule has 4 rings (SSSR count). The molecule has 1 unspecified atom stereocenters. The molecule has 3 aromatic carbocycles. The van der Waals surface area contributed by atoms with E-state index in [9.17, 15) is 9.13 Å². The van der Waals surface area contributed by atoms with E-state index in [0.29, 0.717) is 17.1 Å². The molecule has 0 amide bonds. The summed E-state index contributed by atoms with van der Waals surface area (Å²) in [5, 5.41) is -1.30. The zero-order valence-corrected chi connectivity index (χ0v) is 19.6. The Morgan fingerprint density at radius 1 is 0.833 bits per heavy atom. The van der Waals surface area contributed by atoms with Gasteiger partial charge in [0.25, 0.3) is 0 Å². The quantitative estimate of drug-likeness (QED) is 0.337. The average Bonchev–Trinajstić information content (AvgIpc) is 2.88. The maximum absolute atomic E-state index is 14.3. The highest BCUT2D eigenvalue weighted by atomic mass is 79.9. The van der Waals surface area contributed by atoms with Gasteiger partial charge in [0, 0.05) is 29.8 Å². The summed E-state index contributed by atoms with van der Waals surface area (Å²) < 4.78 is 51.3. The molecule has 0 aromatic heterocycles. The molecule has 3 aromatic rings. The lowest BCUT2D eigenvalue weighted by atomic mass is 10.0. The molecule has 9 heteroatoms. The third-order valence-electron chi connectivity index (χ3n) is 4.79. The van der Waals surface area contributed by atoms with Crippen LogP contribution in [0.15, 0.2) is 77.3 Å². The van der Waals surface area contributed by atoms with Gasteiger partial charge < -0.3 is 18.1 Å². The molecule has 0 saturated heterocycles. The van der Waals surface area contributed by atoms with Crippen molar-refractivity contribution in [1.29, 1.82) is 0 Å². The van der Waals surface area contributed by atoms with Crippen LogP contribution in [-0.4, -0.2) is 14.2 Å². The first-order valence-corrected chi connectivity index (χ1v) is 13.1. The van der Waals surface area contributed by atoms with Crippen molar-refractivity contribution in [3.05, 3.63) is 82.8 Å². The molecule has 0 saturated carbocycles. The lowest BCUT2D eigenvalue weighted by Gasteiger charge is -2.30. The van der Waals surface area contributed by atoms with E-state index in [4.69, 9.17) is 18.1 Å². The molecule has 1 atom stereocenters. The molecule has 1 aliphatic heterocycles. The fourth-order valence-electron chi connectivity index (χ4n) is 3.38. The molecule has 0 spiro atoms. The largest absolute Gasteiger partial charge is 0.450 e. The van der Waals surface area contributed by atoms with E-state index in [1.807, 2.05) is 24.3 Å². The second-order valence-corrected chi connectivity index (χ2v) is 12.2. The summed E-state index contributed by atoms with van der Waals surface area (Å²) in [7, 11) is -5.58. The van der Waals surface area contributed by atoms with Crippen molar-refractivity contribution in [1.82, 2.24) is 0 Å². The lowest BCUT2D eigenvalue weighted by molar-refractivity contribution is 0.268. The highest BCUT2D eigenvalue weighted by Gasteiger charge is 2.54. The smallest absolute Gasteiger partial charge is 0.415 e. The van der Waals surface area contributed by atoms with Gasteiger partial charge in [0.2, 0.25) is 5.40 Å². The molecule has 1 heterocycles. The molecule has 156 valence electrons. The summed E-state index contributed by atoms with van der Waals surface area (Å²) in [6.07, 6.45) is 0. The average molecular weight is 509 g/mol. The van der Waals surface area contributed by atoms with Crippen LogP contribution < -0.4 is 9.05 Å². The first kappa shape index (κ1) is 21.4. The van der Waals surface area contributed by atoms with Crippen molar-refractivity contribution in [3.63, 3.8) is 0 Å². The van der Waals surface area contributed by atoms with Crippen LogP contribution in [0.3, 0.4) is 0 Å². The molecular formula is C21H19BrO6P2. The molecule has 0 fully saturated rings. The molecule has 0 radical (unpaired) electrons. The summed E-state index contributed by atoms with van der Waals surface area (Å²) in [5.41, 5.74) is 1.90. The van der Waals surface area contributed by atoms with Crippen molar-refractivity contribution in [2.24, 2.45) is 0 Å². The van der Waals surface area contributed by atoms with Crippen LogP contribution in [0.25, 0.3) is 11.1 Å². The van der Waals surface area contributed by atoms with Crippen molar-refractivity contribution < 1.29 is 27.2 Å². The molecule has 0 bridgehead atoms. The van der Waals surface area contributed by atoms with Crippen molar-refractivity contribution in [2.75, 3.05) is 14.2 Å². The number of benzene rings is 3. The second kappa shape index (κ2) is 8.33. The SMILES string of the molecule is COP(=O)(OC)C(c1ccc(Br)cc1)P1(=O)Oc2ccccc2-c2ccccc2O1. The summed E-state index contributed by atoms with van der Waals surface area (Å²) >= 11 is 3.38. The van der Waals surface area contributed by atoms with Gasteiger partial charge in [0.1, 0.15) is 11.5 Å². The Morgan fingerprint density at radius 2 is 1.30 bits per heavy atom. The summed E-state index contributed by atoms with van der Waals surface area (Å²) in [5.74, 6) is 0.735. The van der Waals surface area contributed by atoms with Crippen LogP contribution in [0.2, 0.25) is 0 Å². The zero-order valence-electron chi connectivity index (χ0n) is 16.2.